The van der Waals surface area contributed by atoms with Crippen LogP contribution in [0.15, 0.2) is 0 Å². The summed E-state index contributed by atoms with van der Waals surface area (Å²) >= 11 is 0. The van der Waals surface area contributed by atoms with E-state index in [4.69, 9.17) is 10.7 Å². The number of hydrogen-bond acceptors (Lipinski definition) is 2. The molecule has 128 valence electrons. The summed E-state index contributed by atoms with van der Waals surface area (Å²) in [6, 6.07) is 0. The molecular formula is C10H14ClF7O2S. The third-order valence-corrected chi connectivity index (χ3v) is 4.11. The molecular weight excluding hydrogens is 353 g/mol. The van der Waals surface area contributed by atoms with Crippen molar-refractivity contribution in [2.45, 2.75) is 50.6 Å². The number of hydrogen-bond donors (Lipinski definition) is 0. The fraction of sp³-hybridized carbons (Fsp3) is 1.00. The summed E-state index contributed by atoms with van der Waals surface area (Å²) in [4.78, 5) is 0. The first-order valence-corrected chi connectivity index (χ1v) is 8.29. The molecule has 0 fully saturated rings. The molecule has 0 aliphatic heterocycles. The second kappa shape index (κ2) is 6.89. The molecule has 0 aromatic rings. The Morgan fingerprint density at radius 3 is 1.81 bits per heavy atom. The molecule has 0 radical (unpaired) electrons. The molecule has 11 heteroatoms. The van der Waals surface area contributed by atoms with Crippen molar-refractivity contribution in [3.63, 3.8) is 0 Å². The topological polar surface area (TPSA) is 34.1 Å². The Balaban J connectivity index is 4.71. The lowest BCUT2D eigenvalue weighted by Gasteiger charge is -2.29. The fourth-order valence-corrected chi connectivity index (χ4v) is 2.50. The molecule has 0 bridgehead atoms. The van der Waals surface area contributed by atoms with Gasteiger partial charge in [-0.2, -0.15) is 26.3 Å². The van der Waals surface area contributed by atoms with Crippen molar-refractivity contribution in [3.05, 3.63) is 0 Å². The molecule has 0 aliphatic rings. The normalized spacial score (nSPS) is 18.3. The minimum Gasteiger partial charge on any atom is -0.234 e. The molecule has 21 heavy (non-hydrogen) atoms. The summed E-state index contributed by atoms with van der Waals surface area (Å²) in [5, 5.41) is 0. The second-order valence-corrected chi connectivity index (χ2v) is 7.77. The van der Waals surface area contributed by atoms with Crippen LogP contribution in [-0.2, 0) is 9.05 Å². The van der Waals surface area contributed by atoms with Gasteiger partial charge in [0, 0.05) is 17.1 Å². The quantitative estimate of drug-likeness (QED) is 0.375. The first-order chi connectivity index (χ1) is 9.06. The van der Waals surface area contributed by atoms with Gasteiger partial charge in [-0.05, 0) is 19.8 Å². The molecule has 0 saturated carbocycles. The summed E-state index contributed by atoms with van der Waals surface area (Å²) in [6.07, 6.45) is -13.5. The van der Waals surface area contributed by atoms with Gasteiger partial charge in [0.1, 0.15) is 0 Å². The van der Waals surface area contributed by atoms with E-state index in [2.05, 4.69) is 0 Å². The highest BCUT2D eigenvalue weighted by Crippen LogP contribution is 2.44. The predicted molar refractivity (Wildman–Crippen MR) is 63.2 cm³/mol. The Hall–Kier alpha value is -0.250. The summed E-state index contributed by atoms with van der Waals surface area (Å²) < 4.78 is 109. The molecule has 0 saturated heterocycles. The number of unbranched alkanes of at least 4 members (excludes halogenated alkanes) is 1. The lowest BCUT2D eigenvalue weighted by Crippen LogP contribution is -2.42. The smallest absolute Gasteiger partial charge is 0.234 e. The Bertz CT molecular complexity index is 428. The summed E-state index contributed by atoms with van der Waals surface area (Å²) in [6.45, 7) is 0.0506. The van der Waals surface area contributed by atoms with Gasteiger partial charge in [0.25, 0.3) is 0 Å². The maximum Gasteiger partial charge on any atom is 0.422 e. The van der Waals surface area contributed by atoms with Crippen molar-refractivity contribution >= 4 is 19.7 Å². The van der Waals surface area contributed by atoms with Crippen LogP contribution in [0.25, 0.3) is 0 Å². The number of rotatable bonds is 7. The molecule has 0 aliphatic carbocycles. The summed E-state index contributed by atoms with van der Waals surface area (Å²) in [5.74, 6) is -3.10. The van der Waals surface area contributed by atoms with Gasteiger partial charge in [-0.15, -0.1) is 0 Å². The summed E-state index contributed by atoms with van der Waals surface area (Å²) in [5.41, 5.74) is -3.97. The zero-order valence-electron chi connectivity index (χ0n) is 10.9. The van der Waals surface area contributed by atoms with Crippen LogP contribution in [0.2, 0.25) is 0 Å². The molecule has 0 amide bonds. The van der Waals surface area contributed by atoms with Crippen LogP contribution >= 0.6 is 10.7 Å². The van der Waals surface area contributed by atoms with Gasteiger partial charge < -0.3 is 0 Å². The monoisotopic (exact) mass is 366 g/mol. The highest BCUT2D eigenvalue weighted by Gasteiger charge is 2.56. The molecule has 2 unspecified atom stereocenters. The average molecular weight is 367 g/mol. The molecule has 0 heterocycles. The third-order valence-electron chi connectivity index (χ3n) is 2.87. The van der Waals surface area contributed by atoms with E-state index in [9.17, 15) is 39.2 Å². The molecule has 2 nitrogen and oxygen atoms in total. The van der Waals surface area contributed by atoms with E-state index < -0.39 is 51.6 Å². The van der Waals surface area contributed by atoms with Crippen molar-refractivity contribution in [2.24, 2.45) is 5.92 Å². The van der Waals surface area contributed by atoms with Gasteiger partial charge in [-0.25, -0.2) is 12.8 Å². The van der Waals surface area contributed by atoms with E-state index in [0.29, 0.717) is 0 Å². The van der Waals surface area contributed by atoms with E-state index in [0.717, 1.165) is 0 Å². The molecule has 0 aromatic carbocycles. The summed E-state index contributed by atoms with van der Waals surface area (Å²) in [7, 11) is 0.967. The van der Waals surface area contributed by atoms with Crippen LogP contribution in [0.1, 0.15) is 32.6 Å². The van der Waals surface area contributed by atoms with Gasteiger partial charge in [0.15, 0.2) is 0 Å². The lowest BCUT2D eigenvalue weighted by molar-refractivity contribution is -0.248. The first-order valence-electron chi connectivity index (χ1n) is 5.81. The van der Waals surface area contributed by atoms with E-state index in [1.165, 1.54) is 0 Å². The van der Waals surface area contributed by atoms with E-state index in [1.807, 2.05) is 0 Å². The molecule has 0 N–H and O–H groups in total. The SMILES string of the molecule is CC(F)(CC(CCCCS(=O)(=O)Cl)C(F)(F)F)C(F)(F)F. The number of halogens is 8. The molecule has 2 atom stereocenters. The second-order valence-electron chi connectivity index (χ2n) is 4.88. The standard InChI is InChI=1S/C10H14ClF7O2S/c1-8(12,10(16,17)18)6-7(9(13,14)15)4-2-3-5-21(11,19)20/h7H,2-6H2,1H3. The van der Waals surface area contributed by atoms with Crippen molar-refractivity contribution < 1.29 is 39.2 Å². The number of alkyl halides is 7. The zero-order valence-corrected chi connectivity index (χ0v) is 12.4. The Morgan fingerprint density at radius 1 is 1.00 bits per heavy atom. The van der Waals surface area contributed by atoms with Gasteiger partial charge in [0.05, 0.1) is 11.7 Å². The zero-order chi connectivity index (χ0) is 17.1. The van der Waals surface area contributed by atoms with Gasteiger partial charge in [-0.3, -0.25) is 0 Å². The minimum absolute atomic E-state index is 0.0506. The van der Waals surface area contributed by atoms with Crippen LogP contribution in [0, 0.1) is 5.92 Å². The minimum atomic E-state index is -5.41. The predicted octanol–water partition coefficient (Wildman–Crippen LogP) is 4.58. The largest absolute Gasteiger partial charge is 0.422 e. The van der Waals surface area contributed by atoms with Crippen molar-refractivity contribution in [1.82, 2.24) is 0 Å². The van der Waals surface area contributed by atoms with Crippen LogP contribution in [0.4, 0.5) is 30.7 Å². The Morgan fingerprint density at radius 2 is 1.48 bits per heavy atom. The van der Waals surface area contributed by atoms with Crippen LogP contribution in [0.3, 0.4) is 0 Å². The Kier molecular flexibility index (Phi) is 6.81. The highest BCUT2D eigenvalue weighted by atomic mass is 35.7. The van der Waals surface area contributed by atoms with Gasteiger partial charge in [0.2, 0.25) is 14.7 Å². The van der Waals surface area contributed by atoms with Crippen molar-refractivity contribution in [3.8, 4) is 0 Å². The van der Waals surface area contributed by atoms with Gasteiger partial charge in [-0.1, -0.05) is 6.42 Å². The first kappa shape index (κ1) is 20.8. The molecule has 0 spiro atoms. The van der Waals surface area contributed by atoms with Crippen LogP contribution < -0.4 is 0 Å². The molecule has 0 rings (SSSR count). The molecule has 0 aromatic heterocycles. The maximum absolute atomic E-state index is 13.3. The Labute approximate surface area is 122 Å². The van der Waals surface area contributed by atoms with E-state index in [-0.39, 0.29) is 19.8 Å². The van der Waals surface area contributed by atoms with Crippen LogP contribution in [0.5, 0.6) is 0 Å². The van der Waals surface area contributed by atoms with Crippen LogP contribution in [-0.4, -0.2) is 32.2 Å². The van der Waals surface area contributed by atoms with Crippen molar-refractivity contribution in [1.29, 1.82) is 0 Å². The van der Waals surface area contributed by atoms with Crippen molar-refractivity contribution in [2.75, 3.05) is 5.75 Å². The lowest BCUT2D eigenvalue weighted by atomic mass is 9.88. The third kappa shape index (κ3) is 8.08. The van der Waals surface area contributed by atoms with Gasteiger partial charge >= 0.3 is 12.4 Å². The average Bonchev–Trinajstić information content (AvgIpc) is 2.17. The maximum atomic E-state index is 13.3. The highest BCUT2D eigenvalue weighted by molar-refractivity contribution is 8.13. The van der Waals surface area contributed by atoms with E-state index >= 15 is 0 Å². The van der Waals surface area contributed by atoms with E-state index in [1.54, 1.807) is 0 Å². The fourth-order valence-electron chi connectivity index (χ4n) is 1.63.